The van der Waals surface area contributed by atoms with E-state index in [2.05, 4.69) is 10.3 Å². The van der Waals surface area contributed by atoms with Crippen LogP contribution in [-0.2, 0) is 4.79 Å². The van der Waals surface area contributed by atoms with Crippen LogP contribution in [0.25, 0.3) is 0 Å². The van der Waals surface area contributed by atoms with Crippen molar-refractivity contribution in [2.45, 2.75) is 11.9 Å². The second kappa shape index (κ2) is 6.85. The minimum absolute atomic E-state index is 0.00909. The summed E-state index contributed by atoms with van der Waals surface area (Å²) in [5.41, 5.74) is 0.889. The molecular weight excluding hydrogens is 290 g/mol. The highest BCUT2D eigenvalue weighted by atomic mass is 32.2. The van der Waals surface area contributed by atoms with Gasteiger partial charge in [0.05, 0.1) is 27.0 Å². The third-order valence-electron chi connectivity index (χ3n) is 2.76. The van der Waals surface area contributed by atoms with Crippen molar-refractivity contribution in [1.29, 1.82) is 0 Å². The van der Waals surface area contributed by atoms with Gasteiger partial charge in [0.1, 0.15) is 0 Å². The number of nitro benzene ring substituents is 1. The smallest absolute Gasteiger partial charge is 0.274 e. The maximum Gasteiger partial charge on any atom is 0.274 e. The van der Waals surface area contributed by atoms with Gasteiger partial charge in [-0.15, -0.1) is 0 Å². The van der Waals surface area contributed by atoms with Crippen molar-refractivity contribution in [3.05, 3.63) is 58.3 Å². The molecule has 0 fully saturated rings. The lowest BCUT2D eigenvalue weighted by molar-refractivity contribution is -0.385. The average Bonchev–Trinajstić information content (AvgIpc) is 2.48. The summed E-state index contributed by atoms with van der Waals surface area (Å²) in [5, 5.41) is 14.3. The minimum Gasteiger partial charge on any atom is -0.325 e. The van der Waals surface area contributed by atoms with Gasteiger partial charge in [-0.05, 0) is 25.1 Å². The molecule has 6 nitrogen and oxygen atoms in total. The van der Waals surface area contributed by atoms with E-state index >= 15 is 0 Å². The fourth-order valence-corrected chi connectivity index (χ4v) is 2.38. The maximum atomic E-state index is 11.9. The molecule has 21 heavy (non-hydrogen) atoms. The Kier molecular flexibility index (Phi) is 4.89. The Morgan fingerprint density at radius 3 is 2.81 bits per heavy atom. The molecule has 0 bridgehead atoms. The first-order valence-corrected chi connectivity index (χ1v) is 7.14. The molecule has 0 spiro atoms. The van der Waals surface area contributed by atoms with Crippen molar-refractivity contribution in [1.82, 2.24) is 4.98 Å². The van der Waals surface area contributed by atoms with Gasteiger partial charge in [0.15, 0.2) is 0 Å². The summed E-state index contributed by atoms with van der Waals surface area (Å²) in [6.07, 6.45) is 1.66. The predicted octanol–water partition coefficient (Wildman–Crippen LogP) is 3.03. The number of hydrogen-bond acceptors (Lipinski definition) is 5. The van der Waals surface area contributed by atoms with E-state index in [1.165, 1.54) is 17.8 Å². The van der Waals surface area contributed by atoms with E-state index in [0.29, 0.717) is 11.3 Å². The van der Waals surface area contributed by atoms with E-state index in [1.807, 2.05) is 12.1 Å². The molecule has 1 aromatic heterocycles. The number of thioether (sulfide) groups is 1. The van der Waals surface area contributed by atoms with Gasteiger partial charge in [0, 0.05) is 12.3 Å². The van der Waals surface area contributed by atoms with Gasteiger partial charge in [-0.25, -0.2) is 4.98 Å². The summed E-state index contributed by atoms with van der Waals surface area (Å²) >= 11 is 1.31. The van der Waals surface area contributed by atoms with Crippen LogP contribution in [0.2, 0.25) is 0 Å². The highest BCUT2D eigenvalue weighted by Crippen LogP contribution is 2.25. The molecule has 1 N–H and O–H groups in total. The molecular formula is C14H13N3O3S. The summed E-state index contributed by atoms with van der Waals surface area (Å²) in [6.45, 7) is 1.61. The topological polar surface area (TPSA) is 85.1 Å². The Bertz CT molecular complexity index is 662. The van der Waals surface area contributed by atoms with Gasteiger partial charge >= 0.3 is 0 Å². The molecule has 2 rings (SSSR count). The SMILES string of the molecule is Cc1c(NC(=O)CSc2ccccn2)cccc1[N+](=O)[O-]. The molecule has 0 unspecified atom stereocenters. The number of nitrogens with zero attached hydrogens (tertiary/aromatic N) is 2. The quantitative estimate of drug-likeness (QED) is 0.521. The van der Waals surface area contributed by atoms with Gasteiger partial charge < -0.3 is 5.32 Å². The Labute approximate surface area is 125 Å². The van der Waals surface area contributed by atoms with Gasteiger partial charge in [-0.2, -0.15) is 0 Å². The van der Waals surface area contributed by atoms with Crippen LogP contribution in [0.3, 0.4) is 0 Å². The van der Waals surface area contributed by atoms with Crippen molar-refractivity contribution in [2.24, 2.45) is 0 Å². The number of benzene rings is 1. The fourth-order valence-electron chi connectivity index (χ4n) is 1.71. The third kappa shape index (κ3) is 4.03. The molecule has 1 amide bonds. The first kappa shape index (κ1) is 15.0. The number of hydrogen-bond donors (Lipinski definition) is 1. The molecule has 1 aromatic carbocycles. The number of carbonyl (C=O) groups is 1. The highest BCUT2D eigenvalue weighted by Gasteiger charge is 2.14. The summed E-state index contributed by atoms with van der Waals surface area (Å²) in [6, 6.07) is 10.1. The number of anilines is 1. The first-order chi connectivity index (χ1) is 10.1. The Hall–Kier alpha value is -2.41. The number of aromatic nitrogens is 1. The van der Waals surface area contributed by atoms with Crippen LogP contribution in [0, 0.1) is 17.0 Å². The molecule has 7 heteroatoms. The van der Waals surface area contributed by atoms with Gasteiger partial charge in [0.2, 0.25) is 5.91 Å². The van der Waals surface area contributed by atoms with Crippen molar-refractivity contribution in [3.8, 4) is 0 Å². The largest absolute Gasteiger partial charge is 0.325 e. The maximum absolute atomic E-state index is 11.9. The summed E-state index contributed by atoms with van der Waals surface area (Å²) in [4.78, 5) is 26.4. The predicted molar refractivity (Wildman–Crippen MR) is 81.4 cm³/mol. The molecule has 0 aliphatic heterocycles. The molecule has 0 radical (unpaired) electrons. The van der Waals surface area contributed by atoms with Crippen molar-refractivity contribution < 1.29 is 9.72 Å². The second-order valence-corrected chi connectivity index (χ2v) is 5.21. The molecule has 108 valence electrons. The van der Waals surface area contributed by atoms with Crippen LogP contribution in [0.5, 0.6) is 0 Å². The van der Waals surface area contributed by atoms with Crippen molar-refractivity contribution in [2.75, 3.05) is 11.1 Å². The summed E-state index contributed by atoms with van der Waals surface area (Å²) in [7, 11) is 0. The van der Waals surface area contributed by atoms with E-state index < -0.39 is 4.92 Å². The number of nitro groups is 1. The monoisotopic (exact) mass is 303 g/mol. The number of carbonyl (C=O) groups excluding carboxylic acids is 1. The van der Waals surface area contributed by atoms with E-state index in [9.17, 15) is 14.9 Å². The van der Waals surface area contributed by atoms with Crippen LogP contribution in [0.4, 0.5) is 11.4 Å². The molecule has 1 heterocycles. The van der Waals surface area contributed by atoms with E-state index in [0.717, 1.165) is 5.03 Å². The molecule has 0 aliphatic rings. The van der Waals surface area contributed by atoms with E-state index in [1.54, 1.807) is 31.3 Å². The van der Waals surface area contributed by atoms with Crippen LogP contribution >= 0.6 is 11.8 Å². The third-order valence-corrected chi connectivity index (χ3v) is 3.71. The normalized spacial score (nSPS) is 10.1. The molecule has 0 saturated carbocycles. The zero-order valence-electron chi connectivity index (χ0n) is 11.3. The lowest BCUT2D eigenvalue weighted by Gasteiger charge is -2.08. The van der Waals surface area contributed by atoms with Crippen LogP contribution in [-0.4, -0.2) is 21.6 Å². The van der Waals surface area contributed by atoms with Crippen LogP contribution < -0.4 is 5.32 Å². The number of amides is 1. The zero-order chi connectivity index (χ0) is 15.2. The lowest BCUT2D eigenvalue weighted by Crippen LogP contribution is -2.15. The molecule has 0 saturated heterocycles. The standard InChI is InChI=1S/C14H13N3O3S/c1-10-11(5-4-6-12(10)17(19)20)16-13(18)9-21-14-7-2-3-8-15-14/h2-8H,9H2,1H3,(H,16,18). The highest BCUT2D eigenvalue weighted by molar-refractivity contribution is 7.99. The van der Waals surface area contributed by atoms with Gasteiger partial charge in [-0.3, -0.25) is 14.9 Å². The molecule has 0 aliphatic carbocycles. The Morgan fingerprint density at radius 2 is 2.14 bits per heavy atom. The average molecular weight is 303 g/mol. The number of nitrogens with one attached hydrogen (secondary N) is 1. The zero-order valence-corrected chi connectivity index (χ0v) is 12.1. The summed E-state index contributed by atoms with van der Waals surface area (Å²) in [5.74, 6) is -0.0339. The summed E-state index contributed by atoms with van der Waals surface area (Å²) < 4.78 is 0. The molecule has 2 aromatic rings. The van der Waals surface area contributed by atoms with E-state index in [4.69, 9.17) is 0 Å². The number of rotatable bonds is 5. The fraction of sp³-hybridized carbons (Fsp3) is 0.143. The van der Waals surface area contributed by atoms with E-state index in [-0.39, 0.29) is 17.3 Å². The van der Waals surface area contributed by atoms with Gasteiger partial charge in [0.25, 0.3) is 5.69 Å². The Morgan fingerprint density at radius 1 is 1.33 bits per heavy atom. The Balaban J connectivity index is 2.00. The second-order valence-electron chi connectivity index (χ2n) is 4.21. The minimum atomic E-state index is -0.465. The van der Waals surface area contributed by atoms with Crippen LogP contribution in [0.15, 0.2) is 47.6 Å². The van der Waals surface area contributed by atoms with Crippen molar-refractivity contribution in [3.63, 3.8) is 0 Å². The first-order valence-electron chi connectivity index (χ1n) is 6.15. The van der Waals surface area contributed by atoms with Gasteiger partial charge in [-0.1, -0.05) is 23.9 Å². The molecule has 0 atom stereocenters. The van der Waals surface area contributed by atoms with Crippen molar-refractivity contribution >= 4 is 29.0 Å². The lowest BCUT2D eigenvalue weighted by atomic mass is 10.1. The van der Waals surface area contributed by atoms with Crippen LogP contribution in [0.1, 0.15) is 5.56 Å². The number of pyridine rings is 1.